The zero-order valence-electron chi connectivity index (χ0n) is 11.8. The smallest absolute Gasteiger partial charge is 0.336 e. The first kappa shape index (κ1) is 13.2. The second-order valence-electron chi connectivity index (χ2n) is 5.74. The molecule has 0 saturated heterocycles. The molecule has 1 saturated carbocycles. The minimum absolute atomic E-state index is 0.313. The number of nitrogens with zero attached hydrogens (tertiary/aromatic N) is 1. The highest BCUT2D eigenvalue weighted by atomic mass is 35.5. The molecule has 0 radical (unpaired) electrons. The number of aryl methyl sites for hydroxylation is 1. The first-order chi connectivity index (χ1) is 10.2. The number of halogens is 1. The quantitative estimate of drug-likeness (QED) is 0.798. The third kappa shape index (κ3) is 2.14. The second kappa shape index (κ2) is 4.75. The van der Waals surface area contributed by atoms with E-state index in [9.17, 15) is 4.79 Å². The van der Waals surface area contributed by atoms with Gasteiger partial charge in [0.2, 0.25) is 0 Å². The molecule has 2 aromatic rings. The summed E-state index contributed by atoms with van der Waals surface area (Å²) in [4.78, 5) is 14.1. The Balaban J connectivity index is 1.96. The minimum atomic E-state index is -0.313. The van der Waals surface area contributed by atoms with E-state index in [-0.39, 0.29) is 5.63 Å². The molecule has 2 heterocycles. The summed E-state index contributed by atoms with van der Waals surface area (Å²) in [6, 6.07) is 3.99. The van der Waals surface area contributed by atoms with Gasteiger partial charge in [0.1, 0.15) is 18.1 Å². The van der Waals surface area contributed by atoms with Crippen LogP contribution in [0.5, 0.6) is 5.75 Å². The lowest BCUT2D eigenvalue weighted by Crippen LogP contribution is -2.34. The van der Waals surface area contributed by atoms with Crippen LogP contribution >= 0.6 is 11.6 Å². The summed E-state index contributed by atoms with van der Waals surface area (Å²) in [5.74, 6) is 0.664. The van der Waals surface area contributed by atoms with E-state index in [1.807, 2.05) is 13.0 Å². The standard InChI is InChI=1S/C16H16ClNO3/c1-2-9-5-14(19)21-15-11(9)6-13(17)16-12(15)7-18(8-20-16)10-3-4-10/h5-6,10H,2-4,7-8H2,1H3. The molecule has 0 amide bonds. The van der Waals surface area contributed by atoms with Gasteiger partial charge in [-0.25, -0.2) is 4.79 Å². The molecule has 4 nitrogen and oxygen atoms in total. The lowest BCUT2D eigenvalue weighted by molar-refractivity contribution is 0.0886. The molecule has 4 rings (SSSR count). The van der Waals surface area contributed by atoms with Gasteiger partial charge in [0, 0.05) is 24.0 Å². The molecule has 0 spiro atoms. The Kier molecular flexibility index (Phi) is 2.98. The lowest BCUT2D eigenvalue weighted by Gasteiger charge is -2.29. The van der Waals surface area contributed by atoms with E-state index in [1.165, 1.54) is 12.8 Å². The van der Waals surface area contributed by atoms with Gasteiger partial charge in [-0.3, -0.25) is 4.90 Å². The molecular weight excluding hydrogens is 290 g/mol. The van der Waals surface area contributed by atoms with Crippen LogP contribution in [0, 0.1) is 0 Å². The van der Waals surface area contributed by atoms with Crippen LogP contribution in [0.1, 0.15) is 30.9 Å². The molecule has 0 bridgehead atoms. The first-order valence-corrected chi connectivity index (χ1v) is 7.70. The number of fused-ring (bicyclic) bond motifs is 3. The second-order valence-corrected chi connectivity index (χ2v) is 6.15. The lowest BCUT2D eigenvalue weighted by atomic mass is 10.0. The largest absolute Gasteiger partial charge is 0.476 e. The van der Waals surface area contributed by atoms with E-state index in [1.54, 1.807) is 6.07 Å². The summed E-state index contributed by atoms with van der Waals surface area (Å²) in [6.45, 7) is 3.31. The fourth-order valence-electron chi connectivity index (χ4n) is 3.04. The molecule has 0 unspecified atom stereocenters. The average molecular weight is 306 g/mol. The fourth-order valence-corrected chi connectivity index (χ4v) is 3.31. The summed E-state index contributed by atoms with van der Waals surface area (Å²) >= 11 is 6.37. The molecule has 1 fully saturated rings. The number of ether oxygens (including phenoxy) is 1. The van der Waals surface area contributed by atoms with Crippen molar-refractivity contribution in [3.05, 3.63) is 38.7 Å². The highest BCUT2D eigenvalue weighted by Crippen LogP contribution is 2.41. The Morgan fingerprint density at radius 2 is 2.19 bits per heavy atom. The molecule has 1 aliphatic carbocycles. The maximum Gasteiger partial charge on any atom is 0.336 e. The van der Waals surface area contributed by atoms with E-state index >= 15 is 0 Å². The van der Waals surface area contributed by atoms with E-state index in [4.69, 9.17) is 20.8 Å². The van der Waals surface area contributed by atoms with Gasteiger partial charge in [-0.2, -0.15) is 0 Å². The summed E-state index contributed by atoms with van der Waals surface area (Å²) in [5, 5.41) is 1.51. The zero-order chi connectivity index (χ0) is 14.6. The van der Waals surface area contributed by atoms with Crippen LogP contribution in [0.4, 0.5) is 0 Å². The normalized spacial score (nSPS) is 18.6. The molecule has 0 atom stereocenters. The summed E-state index contributed by atoms with van der Waals surface area (Å²) in [5.41, 5.74) is 2.19. The Morgan fingerprint density at radius 3 is 2.90 bits per heavy atom. The first-order valence-electron chi connectivity index (χ1n) is 7.32. The third-order valence-corrected chi connectivity index (χ3v) is 4.58. The van der Waals surface area contributed by atoms with E-state index in [0.717, 1.165) is 29.5 Å². The predicted molar refractivity (Wildman–Crippen MR) is 80.9 cm³/mol. The molecule has 21 heavy (non-hydrogen) atoms. The van der Waals surface area contributed by atoms with Crippen LogP contribution < -0.4 is 10.4 Å². The number of hydrogen-bond acceptors (Lipinski definition) is 4. The van der Waals surface area contributed by atoms with Crippen LogP contribution in [0.2, 0.25) is 5.02 Å². The topological polar surface area (TPSA) is 42.7 Å². The molecule has 0 N–H and O–H groups in total. The van der Waals surface area contributed by atoms with Crippen molar-refractivity contribution in [2.24, 2.45) is 0 Å². The highest BCUT2D eigenvalue weighted by molar-refractivity contribution is 6.33. The zero-order valence-corrected chi connectivity index (χ0v) is 12.6. The van der Waals surface area contributed by atoms with Crippen molar-refractivity contribution in [1.29, 1.82) is 0 Å². The van der Waals surface area contributed by atoms with Crippen molar-refractivity contribution < 1.29 is 9.15 Å². The van der Waals surface area contributed by atoms with Gasteiger partial charge in [-0.05, 0) is 30.9 Å². The van der Waals surface area contributed by atoms with Gasteiger partial charge in [0.05, 0.1) is 10.6 Å². The Labute approximate surface area is 127 Å². The molecular formula is C16H16ClNO3. The van der Waals surface area contributed by atoms with Gasteiger partial charge in [-0.15, -0.1) is 0 Å². The Bertz CT molecular complexity index is 779. The highest BCUT2D eigenvalue weighted by Gasteiger charge is 2.34. The Hall–Kier alpha value is -1.52. The minimum Gasteiger partial charge on any atom is -0.476 e. The van der Waals surface area contributed by atoms with Gasteiger partial charge in [0.15, 0.2) is 0 Å². The van der Waals surface area contributed by atoms with Crippen molar-refractivity contribution in [2.75, 3.05) is 6.73 Å². The van der Waals surface area contributed by atoms with Crippen LogP contribution in [0.15, 0.2) is 21.3 Å². The predicted octanol–water partition coefficient (Wildman–Crippen LogP) is 3.32. The summed E-state index contributed by atoms with van der Waals surface area (Å²) in [7, 11) is 0. The van der Waals surface area contributed by atoms with E-state index < -0.39 is 0 Å². The van der Waals surface area contributed by atoms with E-state index in [0.29, 0.717) is 29.1 Å². The molecule has 110 valence electrons. The molecule has 5 heteroatoms. The summed E-state index contributed by atoms with van der Waals surface area (Å²) in [6.07, 6.45) is 3.19. The van der Waals surface area contributed by atoms with Crippen LogP contribution in [0.25, 0.3) is 11.0 Å². The Morgan fingerprint density at radius 1 is 1.38 bits per heavy atom. The maximum atomic E-state index is 11.8. The molecule has 2 aliphatic rings. The van der Waals surface area contributed by atoms with Crippen molar-refractivity contribution in [3.63, 3.8) is 0 Å². The number of benzene rings is 1. The van der Waals surface area contributed by atoms with Gasteiger partial charge >= 0.3 is 5.63 Å². The van der Waals surface area contributed by atoms with E-state index in [2.05, 4.69) is 4.90 Å². The van der Waals surface area contributed by atoms with Gasteiger partial charge < -0.3 is 9.15 Å². The number of hydrogen-bond donors (Lipinski definition) is 0. The SMILES string of the molecule is CCc1cc(=O)oc2c3c(c(Cl)cc12)OCN(C1CC1)C3. The molecule has 1 aromatic heterocycles. The third-order valence-electron chi connectivity index (χ3n) is 4.30. The van der Waals surface area contributed by atoms with Crippen LogP contribution in [-0.2, 0) is 13.0 Å². The summed E-state index contributed by atoms with van der Waals surface area (Å²) < 4.78 is 11.3. The number of rotatable bonds is 2. The molecule has 1 aromatic carbocycles. The average Bonchev–Trinajstić information content (AvgIpc) is 3.32. The van der Waals surface area contributed by atoms with Crippen LogP contribution in [-0.4, -0.2) is 17.7 Å². The molecule has 1 aliphatic heterocycles. The van der Waals surface area contributed by atoms with Gasteiger partial charge in [-0.1, -0.05) is 18.5 Å². The van der Waals surface area contributed by atoms with Crippen molar-refractivity contribution in [2.45, 2.75) is 38.8 Å². The fraction of sp³-hybridized carbons (Fsp3) is 0.438. The van der Waals surface area contributed by atoms with Crippen molar-refractivity contribution in [1.82, 2.24) is 4.90 Å². The van der Waals surface area contributed by atoms with Crippen molar-refractivity contribution >= 4 is 22.6 Å². The maximum absolute atomic E-state index is 11.8. The van der Waals surface area contributed by atoms with Crippen LogP contribution in [0.3, 0.4) is 0 Å². The van der Waals surface area contributed by atoms with Crippen molar-refractivity contribution in [3.8, 4) is 5.75 Å². The monoisotopic (exact) mass is 305 g/mol. The van der Waals surface area contributed by atoms with Gasteiger partial charge in [0.25, 0.3) is 0 Å².